The van der Waals surface area contributed by atoms with Crippen LogP contribution in [0.15, 0.2) is 35.1 Å². The van der Waals surface area contributed by atoms with Crippen molar-refractivity contribution >= 4 is 12.4 Å². The first kappa shape index (κ1) is 12.5. The van der Waals surface area contributed by atoms with Gasteiger partial charge in [-0.1, -0.05) is 12.1 Å². The molecule has 2 aromatic rings. The van der Waals surface area contributed by atoms with Gasteiger partial charge in [0, 0.05) is 11.6 Å². The van der Waals surface area contributed by atoms with E-state index in [1.165, 1.54) is 17.2 Å². The van der Waals surface area contributed by atoms with Crippen molar-refractivity contribution in [1.82, 2.24) is 10.2 Å². The van der Waals surface area contributed by atoms with Gasteiger partial charge in [-0.25, -0.2) is 5.10 Å². The van der Waals surface area contributed by atoms with Crippen molar-refractivity contribution in [3.05, 3.63) is 51.8 Å². The fraction of sp³-hybridized carbons (Fsp3) is 0.167. The van der Waals surface area contributed by atoms with Gasteiger partial charge in [0.05, 0.1) is 5.69 Å². The topological polar surface area (TPSA) is 45.8 Å². The molecule has 0 aliphatic heterocycles. The predicted molar refractivity (Wildman–Crippen MR) is 67.0 cm³/mol. The van der Waals surface area contributed by atoms with E-state index in [1.807, 2.05) is 6.07 Å². The Morgan fingerprint density at radius 1 is 1.06 bits per heavy atom. The highest BCUT2D eigenvalue weighted by atomic mass is 35.5. The minimum atomic E-state index is -0.178. The fourth-order valence-electron chi connectivity index (χ4n) is 1.41. The summed E-state index contributed by atoms with van der Waals surface area (Å²) < 4.78 is 0. The molecule has 1 aromatic heterocycles. The molecule has 0 radical (unpaired) electrons. The van der Waals surface area contributed by atoms with Crippen LogP contribution in [0.5, 0.6) is 0 Å². The number of rotatable bonds is 1. The van der Waals surface area contributed by atoms with Gasteiger partial charge in [-0.15, -0.1) is 12.4 Å². The molecule has 3 nitrogen and oxygen atoms in total. The van der Waals surface area contributed by atoms with Crippen LogP contribution < -0.4 is 5.56 Å². The van der Waals surface area contributed by atoms with Crippen LogP contribution in [0.1, 0.15) is 11.1 Å². The van der Waals surface area contributed by atoms with Crippen molar-refractivity contribution < 1.29 is 0 Å². The lowest BCUT2D eigenvalue weighted by Crippen LogP contribution is -2.05. The number of aryl methyl sites for hydroxylation is 2. The zero-order chi connectivity index (χ0) is 10.8. The molecular formula is C12H13ClN2O. The zero-order valence-corrected chi connectivity index (χ0v) is 9.97. The Labute approximate surface area is 99.9 Å². The summed E-state index contributed by atoms with van der Waals surface area (Å²) in [5.41, 5.74) is 4.11. The van der Waals surface area contributed by atoms with Gasteiger partial charge in [-0.3, -0.25) is 4.79 Å². The van der Waals surface area contributed by atoms with Crippen molar-refractivity contribution in [2.45, 2.75) is 13.8 Å². The number of hydrogen-bond donors (Lipinski definition) is 1. The summed E-state index contributed by atoms with van der Waals surface area (Å²) in [5.74, 6) is 0. The fourth-order valence-corrected chi connectivity index (χ4v) is 1.41. The molecule has 0 unspecified atom stereocenters. The average molecular weight is 237 g/mol. The molecule has 1 N–H and O–H groups in total. The average Bonchev–Trinajstić information content (AvgIpc) is 2.23. The van der Waals surface area contributed by atoms with Crippen LogP contribution in [0, 0.1) is 13.8 Å². The van der Waals surface area contributed by atoms with Crippen LogP contribution in [0.25, 0.3) is 11.3 Å². The number of aromatic nitrogens is 2. The summed E-state index contributed by atoms with van der Waals surface area (Å²) in [4.78, 5) is 10.9. The Kier molecular flexibility index (Phi) is 3.85. The quantitative estimate of drug-likeness (QED) is 0.827. The van der Waals surface area contributed by atoms with E-state index in [-0.39, 0.29) is 18.0 Å². The van der Waals surface area contributed by atoms with Crippen LogP contribution in [-0.2, 0) is 0 Å². The zero-order valence-electron chi connectivity index (χ0n) is 9.15. The maximum absolute atomic E-state index is 10.9. The summed E-state index contributed by atoms with van der Waals surface area (Å²) >= 11 is 0. The highest BCUT2D eigenvalue weighted by molar-refractivity contribution is 5.85. The standard InChI is InChI=1S/C12H12N2O.ClH/c1-8-3-4-10(7-9(8)2)11-5-6-12(15)14-13-11;/h3-7H,1-2H3,(H,14,15);1H. The third-order valence-corrected chi connectivity index (χ3v) is 2.48. The van der Waals surface area contributed by atoms with Gasteiger partial charge in [0.15, 0.2) is 0 Å². The molecular weight excluding hydrogens is 224 g/mol. The van der Waals surface area contributed by atoms with E-state index in [2.05, 4.69) is 36.2 Å². The van der Waals surface area contributed by atoms with Crippen LogP contribution in [0.2, 0.25) is 0 Å². The highest BCUT2D eigenvalue weighted by Gasteiger charge is 2.00. The molecule has 0 saturated carbocycles. The van der Waals surface area contributed by atoms with E-state index in [9.17, 15) is 4.79 Å². The molecule has 0 aliphatic rings. The van der Waals surface area contributed by atoms with E-state index >= 15 is 0 Å². The number of nitrogens with one attached hydrogen (secondary N) is 1. The molecule has 0 atom stereocenters. The molecule has 0 spiro atoms. The van der Waals surface area contributed by atoms with Crippen LogP contribution in [-0.4, -0.2) is 10.2 Å². The molecule has 0 aliphatic carbocycles. The van der Waals surface area contributed by atoms with Crippen molar-refractivity contribution in [3.63, 3.8) is 0 Å². The van der Waals surface area contributed by atoms with E-state index in [1.54, 1.807) is 6.07 Å². The van der Waals surface area contributed by atoms with Crippen molar-refractivity contribution in [3.8, 4) is 11.3 Å². The van der Waals surface area contributed by atoms with Gasteiger partial charge in [-0.2, -0.15) is 5.10 Å². The first-order valence-corrected chi connectivity index (χ1v) is 4.80. The Bertz CT molecular complexity index is 528. The molecule has 16 heavy (non-hydrogen) atoms. The van der Waals surface area contributed by atoms with Gasteiger partial charge in [-0.05, 0) is 37.1 Å². The molecule has 4 heteroatoms. The largest absolute Gasteiger partial charge is 0.268 e. The van der Waals surface area contributed by atoms with E-state index in [0.717, 1.165) is 11.3 Å². The van der Waals surface area contributed by atoms with Crippen LogP contribution in [0.4, 0.5) is 0 Å². The van der Waals surface area contributed by atoms with Crippen molar-refractivity contribution in [1.29, 1.82) is 0 Å². The second-order valence-corrected chi connectivity index (χ2v) is 3.61. The summed E-state index contributed by atoms with van der Waals surface area (Å²) in [6.45, 7) is 4.13. The van der Waals surface area contributed by atoms with Crippen LogP contribution >= 0.6 is 12.4 Å². The molecule has 0 fully saturated rings. The number of benzene rings is 1. The van der Waals surface area contributed by atoms with Crippen molar-refractivity contribution in [2.24, 2.45) is 0 Å². The lowest BCUT2D eigenvalue weighted by atomic mass is 10.0. The smallest absolute Gasteiger partial charge is 0.264 e. The number of H-pyrrole nitrogens is 1. The second kappa shape index (κ2) is 4.94. The molecule has 0 saturated heterocycles. The summed E-state index contributed by atoms with van der Waals surface area (Å²) in [7, 11) is 0. The Morgan fingerprint density at radius 2 is 1.81 bits per heavy atom. The lowest BCUT2D eigenvalue weighted by molar-refractivity contribution is 0.995. The Morgan fingerprint density at radius 3 is 2.38 bits per heavy atom. The molecule has 84 valence electrons. The molecule has 1 aromatic carbocycles. The summed E-state index contributed by atoms with van der Waals surface area (Å²) in [6.07, 6.45) is 0. The lowest BCUT2D eigenvalue weighted by Gasteiger charge is -2.03. The number of aromatic amines is 1. The monoisotopic (exact) mass is 236 g/mol. The highest BCUT2D eigenvalue weighted by Crippen LogP contribution is 2.18. The van der Waals surface area contributed by atoms with Gasteiger partial charge in [0.2, 0.25) is 0 Å². The van der Waals surface area contributed by atoms with E-state index in [4.69, 9.17) is 0 Å². The van der Waals surface area contributed by atoms with Gasteiger partial charge in [0.25, 0.3) is 5.56 Å². The third-order valence-electron chi connectivity index (χ3n) is 2.48. The number of hydrogen-bond acceptors (Lipinski definition) is 2. The number of nitrogens with zero attached hydrogens (tertiary/aromatic N) is 1. The molecule has 0 amide bonds. The summed E-state index contributed by atoms with van der Waals surface area (Å²) in [5, 5.41) is 6.41. The maximum atomic E-state index is 10.9. The second-order valence-electron chi connectivity index (χ2n) is 3.61. The van der Waals surface area contributed by atoms with Crippen molar-refractivity contribution in [2.75, 3.05) is 0 Å². The predicted octanol–water partition coefficient (Wildman–Crippen LogP) is 2.48. The van der Waals surface area contributed by atoms with E-state index in [0.29, 0.717) is 0 Å². The van der Waals surface area contributed by atoms with Gasteiger partial charge in [0.1, 0.15) is 0 Å². The van der Waals surface area contributed by atoms with E-state index < -0.39 is 0 Å². The van der Waals surface area contributed by atoms with Gasteiger partial charge < -0.3 is 0 Å². The Balaban J connectivity index is 0.00000128. The number of halogens is 1. The first-order chi connectivity index (χ1) is 7.16. The maximum Gasteiger partial charge on any atom is 0.264 e. The molecule has 1 heterocycles. The SMILES string of the molecule is Cc1ccc(-c2ccc(=O)[nH]n2)cc1C.Cl. The third kappa shape index (κ3) is 2.49. The summed E-state index contributed by atoms with van der Waals surface area (Å²) in [6, 6.07) is 9.33. The first-order valence-electron chi connectivity index (χ1n) is 4.80. The van der Waals surface area contributed by atoms with Gasteiger partial charge >= 0.3 is 0 Å². The molecule has 0 bridgehead atoms. The van der Waals surface area contributed by atoms with Crippen LogP contribution in [0.3, 0.4) is 0 Å². The minimum Gasteiger partial charge on any atom is -0.268 e. The normalized spacial score (nSPS) is 9.62. The Hall–Kier alpha value is -1.61. The minimum absolute atomic E-state index is 0. The molecule has 2 rings (SSSR count).